The zero-order chi connectivity index (χ0) is 15.7. The predicted molar refractivity (Wildman–Crippen MR) is 85.4 cm³/mol. The van der Waals surface area contributed by atoms with Crippen molar-refractivity contribution in [3.05, 3.63) is 35.4 Å². The van der Waals surface area contributed by atoms with Gasteiger partial charge in [0.2, 0.25) is 5.91 Å². The van der Waals surface area contributed by atoms with Crippen LogP contribution in [0.1, 0.15) is 49.0 Å². The third-order valence-corrected chi connectivity index (χ3v) is 4.74. The van der Waals surface area contributed by atoms with Gasteiger partial charge in [0.15, 0.2) is 0 Å². The van der Waals surface area contributed by atoms with Crippen molar-refractivity contribution in [1.82, 2.24) is 9.80 Å². The Hall–Kier alpha value is -1.84. The van der Waals surface area contributed by atoms with Gasteiger partial charge in [0.1, 0.15) is 6.04 Å². The average Bonchev–Trinajstić information content (AvgIpc) is 2.85. The fourth-order valence-corrected chi connectivity index (χ4v) is 3.58. The van der Waals surface area contributed by atoms with Crippen LogP contribution in [-0.2, 0) is 11.3 Å². The number of carbonyl (C=O) groups is 2. The largest absolute Gasteiger partial charge is 0.341 e. The van der Waals surface area contributed by atoms with E-state index in [4.69, 9.17) is 0 Å². The molecule has 0 N–H and O–H groups in total. The molecular weight excluding hydrogens is 276 g/mol. The molecule has 3 rings (SSSR count). The van der Waals surface area contributed by atoms with Gasteiger partial charge in [-0.3, -0.25) is 9.59 Å². The Morgan fingerprint density at radius 3 is 2.41 bits per heavy atom. The van der Waals surface area contributed by atoms with Gasteiger partial charge in [-0.15, -0.1) is 0 Å². The minimum absolute atomic E-state index is 0.000315. The maximum atomic E-state index is 13.0. The van der Waals surface area contributed by atoms with Gasteiger partial charge in [-0.1, -0.05) is 32.0 Å². The van der Waals surface area contributed by atoms with E-state index in [0.29, 0.717) is 6.54 Å². The summed E-state index contributed by atoms with van der Waals surface area (Å²) in [6, 6.07) is 7.33. The summed E-state index contributed by atoms with van der Waals surface area (Å²) in [4.78, 5) is 29.4. The van der Waals surface area contributed by atoms with E-state index in [1.54, 1.807) is 4.90 Å². The van der Waals surface area contributed by atoms with Crippen LogP contribution >= 0.6 is 0 Å². The van der Waals surface area contributed by atoms with Gasteiger partial charge in [-0.25, -0.2) is 0 Å². The second kappa shape index (κ2) is 6.11. The molecule has 2 heterocycles. The number of hydrogen-bond acceptors (Lipinski definition) is 2. The molecule has 1 saturated heterocycles. The number of rotatable bonds is 3. The molecule has 0 aliphatic carbocycles. The molecule has 2 aliphatic heterocycles. The quantitative estimate of drug-likeness (QED) is 0.861. The van der Waals surface area contributed by atoms with Gasteiger partial charge in [0, 0.05) is 25.2 Å². The van der Waals surface area contributed by atoms with E-state index in [2.05, 4.69) is 0 Å². The maximum absolute atomic E-state index is 13.0. The Balaban J connectivity index is 1.83. The van der Waals surface area contributed by atoms with Gasteiger partial charge in [-0.05, 0) is 36.8 Å². The van der Waals surface area contributed by atoms with Crippen molar-refractivity contribution in [3.63, 3.8) is 0 Å². The SMILES string of the molecule is CC(C)C(C(=O)N1CCCCC1)N1Cc2ccccc2C1=O. The highest BCUT2D eigenvalue weighted by Gasteiger charge is 2.39. The van der Waals surface area contributed by atoms with Crippen molar-refractivity contribution in [3.8, 4) is 0 Å². The topological polar surface area (TPSA) is 40.6 Å². The molecule has 4 nitrogen and oxygen atoms in total. The Bertz CT molecular complexity index is 576. The van der Waals surface area contributed by atoms with Crippen LogP contribution in [-0.4, -0.2) is 40.7 Å². The van der Waals surface area contributed by atoms with E-state index in [1.165, 1.54) is 6.42 Å². The molecule has 1 aromatic carbocycles. The highest BCUT2D eigenvalue weighted by atomic mass is 16.2. The number of likely N-dealkylation sites (tertiary alicyclic amines) is 1. The number of benzene rings is 1. The summed E-state index contributed by atoms with van der Waals surface area (Å²) in [6.45, 7) is 6.27. The highest BCUT2D eigenvalue weighted by Crippen LogP contribution is 2.28. The number of carbonyl (C=O) groups excluding carboxylic acids is 2. The number of nitrogens with zero attached hydrogens (tertiary/aromatic N) is 2. The van der Waals surface area contributed by atoms with Crippen LogP contribution in [0.2, 0.25) is 0 Å². The molecule has 1 unspecified atom stereocenters. The lowest BCUT2D eigenvalue weighted by molar-refractivity contribution is -0.138. The summed E-state index contributed by atoms with van der Waals surface area (Å²) in [5, 5.41) is 0. The number of hydrogen-bond donors (Lipinski definition) is 0. The normalized spacial score (nSPS) is 19.5. The monoisotopic (exact) mass is 300 g/mol. The van der Waals surface area contributed by atoms with Crippen LogP contribution in [0.25, 0.3) is 0 Å². The van der Waals surface area contributed by atoms with Gasteiger partial charge >= 0.3 is 0 Å². The van der Waals surface area contributed by atoms with Crippen molar-refractivity contribution in [2.45, 2.75) is 45.7 Å². The van der Waals surface area contributed by atoms with E-state index in [-0.39, 0.29) is 23.8 Å². The van der Waals surface area contributed by atoms with Crippen molar-refractivity contribution in [2.75, 3.05) is 13.1 Å². The maximum Gasteiger partial charge on any atom is 0.255 e. The zero-order valence-electron chi connectivity index (χ0n) is 13.4. The van der Waals surface area contributed by atoms with Crippen LogP contribution in [0, 0.1) is 5.92 Å². The van der Waals surface area contributed by atoms with Gasteiger partial charge in [0.25, 0.3) is 5.91 Å². The molecule has 1 aromatic rings. The Morgan fingerprint density at radius 1 is 1.09 bits per heavy atom. The first kappa shape index (κ1) is 15.1. The fourth-order valence-electron chi connectivity index (χ4n) is 3.58. The minimum atomic E-state index is -0.349. The lowest BCUT2D eigenvalue weighted by Gasteiger charge is -2.36. The van der Waals surface area contributed by atoms with E-state index in [1.807, 2.05) is 43.0 Å². The van der Waals surface area contributed by atoms with E-state index in [9.17, 15) is 9.59 Å². The third kappa shape index (κ3) is 2.62. The Kier molecular flexibility index (Phi) is 4.19. The standard InChI is InChI=1S/C18H24N2O2/c1-13(2)16(18(22)19-10-6-3-7-11-19)20-12-14-8-4-5-9-15(14)17(20)21/h4-5,8-9,13,16H,3,6-7,10-12H2,1-2H3. The van der Waals surface area contributed by atoms with Crippen molar-refractivity contribution >= 4 is 11.8 Å². The molecule has 1 fully saturated rings. The number of fused-ring (bicyclic) bond motifs is 1. The van der Waals surface area contributed by atoms with E-state index >= 15 is 0 Å². The molecule has 1 atom stereocenters. The third-order valence-electron chi connectivity index (χ3n) is 4.74. The van der Waals surface area contributed by atoms with Crippen molar-refractivity contribution < 1.29 is 9.59 Å². The lowest BCUT2D eigenvalue weighted by atomic mass is 9.99. The second-order valence-electron chi connectivity index (χ2n) is 6.67. The molecule has 0 spiro atoms. The zero-order valence-corrected chi connectivity index (χ0v) is 13.4. The first-order chi connectivity index (χ1) is 10.6. The lowest BCUT2D eigenvalue weighted by Crippen LogP contribution is -2.52. The predicted octanol–water partition coefficient (Wildman–Crippen LogP) is 2.68. The van der Waals surface area contributed by atoms with Crippen LogP contribution in [0.5, 0.6) is 0 Å². The second-order valence-corrected chi connectivity index (χ2v) is 6.67. The van der Waals surface area contributed by atoms with Crippen molar-refractivity contribution in [2.24, 2.45) is 5.92 Å². The van der Waals surface area contributed by atoms with Gasteiger partial charge in [-0.2, -0.15) is 0 Å². The van der Waals surface area contributed by atoms with E-state index < -0.39 is 0 Å². The Morgan fingerprint density at radius 2 is 1.77 bits per heavy atom. The van der Waals surface area contributed by atoms with E-state index in [0.717, 1.165) is 37.1 Å². The molecule has 118 valence electrons. The average molecular weight is 300 g/mol. The summed E-state index contributed by atoms with van der Waals surface area (Å²) in [5.74, 6) is 0.239. The van der Waals surface area contributed by atoms with Gasteiger partial charge < -0.3 is 9.80 Å². The molecular formula is C18H24N2O2. The molecule has 2 aliphatic rings. The highest BCUT2D eigenvalue weighted by molar-refractivity contribution is 6.01. The van der Waals surface area contributed by atoms with Gasteiger partial charge in [0.05, 0.1) is 0 Å². The smallest absolute Gasteiger partial charge is 0.255 e. The Labute approximate surface area is 132 Å². The molecule has 0 radical (unpaired) electrons. The summed E-state index contributed by atoms with van der Waals surface area (Å²) in [7, 11) is 0. The van der Waals surface area contributed by atoms with Crippen LogP contribution in [0.15, 0.2) is 24.3 Å². The molecule has 22 heavy (non-hydrogen) atoms. The molecule has 2 amide bonds. The fraction of sp³-hybridized carbons (Fsp3) is 0.556. The summed E-state index contributed by atoms with van der Waals surface area (Å²) in [5.41, 5.74) is 1.78. The van der Waals surface area contributed by atoms with Crippen LogP contribution < -0.4 is 0 Å². The van der Waals surface area contributed by atoms with Crippen LogP contribution in [0.3, 0.4) is 0 Å². The summed E-state index contributed by atoms with van der Waals surface area (Å²) in [6.07, 6.45) is 3.35. The summed E-state index contributed by atoms with van der Waals surface area (Å²) >= 11 is 0. The minimum Gasteiger partial charge on any atom is -0.341 e. The summed E-state index contributed by atoms with van der Waals surface area (Å²) < 4.78 is 0. The molecule has 0 aromatic heterocycles. The molecule has 0 saturated carbocycles. The first-order valence-electron chi connectivity index (χ1n) is 8.27. The first-order valence-corrected chi connectivity index (χ1v) is 8.27. The number of amides is 2. The van der Waals surface area contributed by atoms with Crippen LogP contribution in [0.4, 0.5) is 0 Å². The molecule has 0 bridgehead atoms. The van der Waals surface area contributed by atoms with Crippen molar-refractivity contribution in [1.29, 1.82) is 0 Å². The number of piperidine rings is 1. The molecule has 4 heteroatoms.